The van der Waals surface area contributed by atoms with E-state index in [1.54, 1.807) is 0 Å². The summed E-state index contributed by atoms with van der Waals surface area (Å²) in [5, 5.41) is 0. The second kappa shape index (κ2) is 7.38. The maximum absolute atomic E-state index is 5.55. The lowest BCUT2D eigenvalue weighted by Crippen LogP contribution is -2.35. The Kier molecular flexibility index (Phi) is 5.79. The highest BCUT2D eigenvalue weighted by Gasteiger charge is 2.23. The molecule has 0 atom stereocenters. The second-order valence-electron chi connectivity index (χ2n) is 5.91. The molecule has 0 N–H and O–H groups in total. The Morgan fingerprint density at radius 1 is 0.941 bits per heavy atom. The molecule has 2 rings (SSSR count). The molecule has 0 amide bonds. The van der Waals surface area contributed by atoms with E-state index in [1.807, 2.05) is 0 Å². The topological polar surface area (TPSA) is 12.5 Å². The first-order chi connectivity index (χ1) is 8.38. The predicted octanol–water partition coefficient (Wildman–Crippen LogP) is 3.32. The molecule has 1 saturated carbocycles. The number of rotatable bonds is 5. The van der Waals surface area contributed by atoms with Gasteiger partial charge in [0.25, 0.3) is 0 Å². The van der Waals surface area contributed by atoms with Crippen LogP contribution in [0.2, 0.25) is 0 Å². The molecule has 1 aliphatic heterocycles. The Balaban J connectivity index is 1.61. The van der Waals surface area contributed by atoms with Crippen LogP contribution in [-0.2, 0) is 4.74 Å². The first-order valence-corrected chi connectivity index (χ1v) is 7.68. The van der Waals surface area contributed by atoms with Crippen molar-refractivity contribution in [3.63, 3.8) is 0 Å². The van der Waals surface area contributed by atoms with Gasteiger partial charge in [0.2, 0.25) is 0 Å². The third-order valence-electron chi connectivity index (χ3n) is 4.49. The molecule has 2 fully saturated rings. The molecule has 100 valence electrons. The normalized spacial score (nSPS) is 31.6. The lowest BCUT2D eigenvalue weighted by atomic mass is 9.82. The highest BCUT2D eigenvalue weighted by molar-refractivity contribution is 4.76. The molecule has 2 heteroatoms. The van der Waals surface area contributed by atoms with Crippen LogP contribution in [0.15, 0.2) is 0 Å². The van der Waals surface area contributed by atoms with Crippen molar-refractivity contribution < 1.29 is 4.74 Å². The minimum Gasteiger partial charge on any atom is -0.381 e. The third-order valence-corrected chi connectivity index (χ3v) is 4.49. The fourth-order valence-corrected chi connectivity index (χ4v) is 3.37. The fourth-order valence-electron chi connectivity index (χ4n) is 3.37. The minimum atomic E-state index is 0.854. The van der Waals surface area contributed by atoms with Gasteiger partial charge in [-0.15, -0.1) is 0 Å². The van der Waals surface area contributed by atoms with Gasteiger partial charge in [-0.05, 0) is 70.4 Å². The van der Waals surface area contributed by atoms with Crippen LogP contribution >= 0.6 is 0 Å². The van der Waals surface area contributed by atoms with E-state index >= 15 is 0 Å². The molecule has 0 aromatic rings. The Bertz CT molecular complexity index is 193. The SMILES string of the molecule is CCOCC1CCC(CN2CCCCC2)CC1. The second-order valence-corrected chi connectivity index (χ2v) is 5.91. The molecule has 0 aromatic heterocycles. The van der Waals surface area contributed by atoms with Crippen molar-refractivity contribution in [1.82, 2.24) is 4.90 Å². The van der Waals surface area contributed by atoms with E-state index in [4.69, 9.17) is 4.74 Å². The summed E-state index contributed by atoms with van der Waals surface area (Å²) in [7, 11) is 0. The molecule has 2 nitrogen and oxygen atoms in total. The number of ether oxygens (including phenoxy) is 1. The number of nitrogens with zero attached hydrogens (tertiary/aromatic N) is 1. The Labute approximate surface area is 107 Å². The average Bonchev–Trinajstić information content (AvgIpc) is 2.39. The van der Waals surface area contributed by atoms with Gasteiger partial charge >= 0.3 is 0 Å². The summed E-state index contributed by atoms with van der Waals surface area (Å²) in [4.78, 5) is 2.71. The number of piperidine rings is 1. The summed E-state index contributed by atoms with van der Waals surface area (Å²) in [6.45, 7) is 8.09. The monoisotopic (exact) mass is 239 g/mol. The molecule has 0 spiro atoms. The number of hydrogen-bond donors (Lipinski definition) is 0. The van der Waals surface area contributed by atoms with Gasteiger partial charge in [-0.1, -0.05) is 6.42 Å². The van der Waals surface area contributed by atoms with Crippen molar-refractivity contribution in [3.05, 3.63) is 0 Å². The predicted molar refractivity (Wildman–Crippen MR) is 72.2 cm³/mol. The van der Waals surface area contributed by atoms with Gasteiger partial charge in [-0.3, -0.25) is 0 Å². The molecule has 0 aromatic carbocycles. The van der Waals surface area contributed by atoms with E-state index in [2.05, 4.69) is 11.8 Å². The first kappa shape index (κ1) is 13.4. The summed E-state index contributed by atoms with van der Waals surface area (Å²) in [5.41, 5.74) is 0. The first-order valence-electron chi connectivity index (χ1n) is 7.68. The Morgan fingerprint density at radius 2 is 1.59 bits per heavy atom. The van der Waals surface area contributed by atoms with E-state index < -0.39 is 0 Å². The van der Waals surface area contributed by atoms with Crippen LogP contribution in [0.3, 0.4) is 0 Å². The molecule has 0 radical (unpaired) electrons. The zero-order valence-electron chi connectivity index (χ0n) is 11.5. The van der Waals surface area contributed by atoms with Gasteiger partial charge in [-0.2, -0.15) is 0 Å². The smallest absolute Gasteiger partial charge is 0.0494 e. The van der Waals surface area contributed by atoms with Crippen LogP contribution in [0.4, 0.5) is 0 Å². The van der Waals surface area contributed by atoms with Crippen molar-refractivity contribution in [2.24, 2.45) is 11.8 Å². The van der Waals surface area contributed by atoms with Crippen molar-refractivity contribution in [2.75, 3.05) is 32.8 Å². The maximum Gasteiger partial charge on any atom is 0.0494 e. The molecule has 0 unspecified atom stereocenters. The molecular weight excluding hydrogens is 210 g/mol. The van der Waals surface area contributed by atoms with Crippen molar-refractivity contribution in [3.8, 4) is 0 Å². The average molecular weight is 239 g/mol. The van der Waals surface area contributed by atoms with E-state index in [9.17, 15) is 0 Å². The summed E-state index contributed by atoms with van der Waals surface area (Å²) in [5.74, 6) is 1.83. The summed E-state index contributed by atoms with van der Waals surface area (Å²) in [6, 6.07) is 0. The molecule has 1 saturated heterocycles. The van der Waals surface area contributed by atoms with Crippen LogP contribution in [0.25, 0.3) is 0 Å². The van der Waals surface area contributed by atoms with Crippen LogP contribution in [0.5, 0.6) is 0 Å². The minimum absolute atomic E-state index is 0.854. The van der Waals surface area contributed by atoms with Crippen LogP contribution in [0, 0.1) is 11.8 Å². The fraction of sp³-hybridized carbons (Fsp3) is 1.00. The van der Waals surface area contributed by atoms with E-state index in [0.29, 0.717) is 0 Å². The van der Waals surface area contributed by atoms with Crippen molar-refractivity contribution in [1.29, 1.82) is 0 Å². The highest BCUT2D eigenvalue weighted by Crippen LogP contribution is 2.30. The van der Waals surface area contributed by atoms with Gasteiger partial charge in [-0.25, -0.2) is 0 Å². The molecular formula is C15H29NO. The largest absolute Gasteiger partial charge is 0.381 e. The van der Waals surface area contributed by atoms with Gasteiger partial charge < -0.3 is 9.64 Å². The maximum atomic E-state index is 5.55. The molecule has 0 bridgehead atoms. The third kappa shape index (κ3) is 4.59. The lowest BCUT2D eigenvalue weighted by molar-refractivity contribution is 0.0787. The number of likely N-dealkylation sites (tertiary alicyclic amines) is 1. The standard InChI is InChI=1S/C15H29NO/c1-2-17-13-15-8-6-14(7-9-15)12-16-10-4-3-5-11-16/h14-15H,2-13H2,1H3. The quantitative estimate of drug-likeness (QED) is 0.730. The zero-order valence-corrected chi connectivity index (χ0v) is 11.5. The van der Waals surface area contributed by atoms with E-state index in [1.165, 1.54) is 64.6 Å². The van der Waals surface area contributed by atoms with Crippen LogP contribution in [-0.4, -0.2) is 37.7 Å². The van der Waals surface area contributed by atoms with E-state index in [0.717, 1.165) is 25.0 Å². The molecule has 17 heavy (non-hydrogen) atoms. The Morgan fingerprint density at radius 3 is 2.24 bits per heavy atom. The van der Waals surface area contributed by atoms with Crippen molar-refractivity contribution in [2.45, 2.75) is 51.9 Å². The highest BCUT2D eigenvalue weighted by atomic mass is 16.5. The summed E-state index contributed by atoms with van der Waals surface area (Å²) in [6.07, 6.45) is 10.00. The van der Waals surface area contributed by atoms with Gasteiger partial charge in [0.15, 0.2) is 0 Å². The lowest BCUT2D eigenvalue weighted by Gasteiger charge is -2.34. The zero-order chi connectivity index (χ0) is 11.9. The van der Waals surface area contributed by atoms with Crippen LogP contribution < -0.4 is 0 Å². The molecule has 1 aliphatic carbocycles. The van der Waals surface area contributed by atoms with E-state index in [-0.39, 0.29) is 0 Å². The van der Waals surface area contributed by atoms with Crippen molar-refractivity contribution >= 4 is 0 Å². The van der Waals surface area contributed by atoms with Gasteiger partial charge in [0.05, 0.1) is 0 Å². The molecule has 2 aliphatic rings. The van der Waals surface area contributed by atoms with Gasteiger partial charge in [0, 0.05) is 19.8 Å². The van der Waals surface area contributed by atoms with Gasteiger partial charge in [0.1, 0.15) is 0 Å². The van der Waals surface area contributed by atoms with Crippen LogP contribution in [0.1, 0.15) is 51.9 Å². The summed E-state index contributed by atoms with van der Waals surface area (Å²) < 4.78 is 5.55. The summed E-state index contributed by atoms with van der Waals surface area (Å²) >= 11 is 0. The number of hydrogen-bond acceptors (Lipinski definition) is 2. The Hall–Kier alpha value is -0.0800. The molecule has 1 heterocycles.